The largest absolute Gasteiger partial charge is 0.341 e. The fourth-order valence-corrected chi connectivity index (χ4v) is 3.37. The van der Waals surface area contributed by atoms with Gasteiger partial charge in [0.25, 0.3) is 0 Å². The van der Waals surface area contributed by atoms with Crippen molar-refractivity contribution in [2.45, 2.75) is 58.5 Å². The molecule has 134 valence electrons. The monoisotopic (exact) mass is 339 g/mol. The summed E-state index contributed by atoms with van der Waals surface area (Å²) in [6.45, 7) is 7.20. The molecule has 3 heterocycles. The zero-order valence-corrected chi connectivity index (χ0v) is 15.4. The van der Waals surface area contributed by atoms with E-state index in [1.165, 1.54) is 43.2 Å². The van der Waals surface area contributed by atoms with Crippen molar-refractivity contribution < 1.29 is 0 Å². The third kappa shape index (κ3) is 4.98. The van der Waals surface area contributed by atoms with Crippen LogP contribution in [0.25, 0.3) is 0 Å². The van der Waals surface area contributed by atoms with Crippen molar-refractivity contribution in [2.24, 2.45) is 0 Å². The van der Waals surface area contributed by atoms with Gasteiger partial charge >= 0.3 is 0 Å². The molecule has 5 nitrogen and oxygen atoms in total. The average molecular weight is 339 g/mol. The molecule has 2 aromatic rings. The highest BCUT2D eigenvalue weighted by Crippen LogP contribution is 2.20. The number of pyridine rings is 1. The zero-order chi connectivity index (χ0) is 17.5. The first-order valence-corrected chi connectivity index (χ1v) is 9.45. The van der Waals surface area contributed by atoms with E-state index in [1.807, 2.05) is 18.5 Å². The Morgan fingerprint density at radius 3 is 2.56 bits per heavy atom. The predicted molar refractivity (Wildman–Crippen MR) is 102 cm³/mol. The lowest BCUT2D eigenvalue weighted by atomic mass is 10.1. The number of hydrogen-bond donors (Lipinski definition) is 1. The van der Waals surface area contributed by atoms with E-state index < -0.39 is 0 Å². The summed E-state index contributed by atoms with van der Waals surface area (Å²) >= 11 is 0. The van der Waals surface area contributed by atoms with Gasteiger partial charge in [-0.1, -0.05) is 25.3 Å². The van der Waals surface area contributed by atoms with E-state index >= 15 is 0 Å². The molecule has 0 bridgehead atoms. The first-order chi connectivity index (χ1) is 12.2. The van der Waals surface area contributed by atoms with Gasteiger partial charge in [-0.25, -0.2) is 9.97 Å². The molecular formula is C20H29N5. The number of rotatable bonds is 5. The second-order valence-corrected chi connectivity index (χ2v) is 6.93. The molecule has 1 saturated heterocycles. The molecule has 2 aromatic heterocycles. The fourth-order valence-electron chi connectivity index (χ4n) is 3.37. The quantitative estimate of drug-likeness (QED) is 0.898. The van der Waals surface area contributed by atoms with Gasteiger partial charge in [0.2, 0.25) is 5.95 Å². The highest BCUT2D eigenvalue weighted by molar-refractivity contribution is 5.34. The van der Waals surface area contributed by atoms with Gasteiger partial charge in [0.1, 0.15) is 0 Å². The van der Waals surface area contributed by atoms with Crippen LogP contribution in [-0.4, -0.2) is 28.0 Å². The second-order valence-electron chi connectivity index (χ2n) is 6.93. The summed E-state index contributed by atoms with van der Waals surface area (Å²) in [4.78, 5) is 16.0. The maximum absolute atomic E-state index is 4.81. The van der Waals surface area contributed by atoms with Crippen LogP contribution in [-0.2, 0) is 6.54 Å². The van der Waals surface area contributed by atoms with Crippen molar-refractivity contribution >= 4 is 5.95 Å². The standard InChI is InChI=1S/C20H29N5/c1-16(22-14-18-9-8-10-21-13-18)19-15-23-20(24-17(19)2)25-11-6-4-3-5-7-12-25/h8-10,13,15-16,22H,3-7,11-12,14H2,1-2H3/t16-/m1/s1. The third-order valence-electron chi connectivity index (χ3n) is 4.95. The number of nitrogens with zero attached hydrogens (tertiary/aromatic N) is 4. The first-order valence-electron chi connectivity index (χ1n) is 9.45. The summed E-state index contributed by atoms with van der Waals surface area (Å²) in [6.07, 6.45) is 12.2. The lowest BCUT2D eigenvalue weighted by molar-refractivity contribution is 0.546. The maximum Gasteiger partial charge on any atom is 0.225 e. The lowest BCUT2D eigenvalue weighted by Gasteiger charge is -2.25. The molecule has 1 fully saturated rings. The summed E-state index contributed by atoms with van der Waals surface area (Å²) in [7, 11) is 0. The highest BCUT2D eigenvalue weighted by Gasteiger charge is 2.15. The Hall–Kier alpha value is -2.01. The molecule has 0 unspecified atom stereocenters. The van der Waals surface area contributed by atoms with E-state index in [0.717, 1.165) is 31.3 Å². The minimum absolute atomic E-state index is 0.210. The smallest absolute Gasteiger partial charge is 0.225 e. The van der Waals surface area contributed by atoms with Gasteiger partial charge in [0.05, 0.1) is 0 Å². The molecule has 1 aliphatic rings. The molecule has 0 aliphatic carbocycles. The van der Waals surface area contributed by atoms with E-state index in [9.17, 15) is 0 Å². The summed E-state index contributed by atoms with van der Waals surface area (Å²) < 4.78 is 0. The van der Waals surface area contributed by atoms with Gasteiger partial charge < -0.3 is 10.2 Å². The van der Waals surface area contributed by atoms with E-state index in [-0.39, 0.29) is 6.04 Å². The highest BCUT2D eigenvalue weighted by atomic mass is 15.2. The first kappa shape index (κ1) is 17.8. The van der Waals surface area contributed by atoms with Crippen molar-refractivity contribution in [3.63, 3.8) is 0 Å². The molecule has 3 rings (SSSR count). The van der Waals surface area contributed by atoms with Crippen molar-refractivity contribution in [1.82, 2.24) is 20.3 Å². The van der Waals surface area contributed by atoms with Crippen LogP contribution in [0.3, 0.4) is 0 Å². The number of anilines is 1. The molecule has 25 heavy (non-hydrogen) atoms. The number of aryl methyl sites for hydroxylation is 1. The van der Waals surface area contributed by atoms with Crippen LogP contribution in [0.2, 0.25) is 0 Å². The molecular weight excluding hydrogens is 310 g/mol. The lowest BCUT2D eigenvalue weighted by Crippen LogP contribution is -2.29. The van der Waals surface area contributed by atoms with Crippen LogP contribution >= 0.6 is 0 Å². The van der Waals surface area contributed by atoms with E-state index in [4.69, 9.17) is 4.98 Å². The molecule has 0 amide bonds. The summed E-state index contributed by atoms with van der Waals surface area (Å²) in [5, 5.41) is 3.54. The predicted octanol–water partition coefficient (Wildman–Crippen LogP) is 3.80. The Kier molecular flexibility index (Phi) is 6.34. The van der Waals surface area contributed by atoms with Crippen molar-refractivity contribution in [1.29, 1.82) is 0 Å². The Morgan fingerprint density at radius 2 is 1.88 bits per heavy atom. The fraction of sp³-hybridized carbons (Fsp3) is 0.550. The summed E-state index contributed by atoms with van der Waals surface area (Å²) in [6, 6.07) is 4.26. The number of aromatic nitrogens is 3. The minimum Gasteiger partial charge on any atom is -0.341 e. The van der Waals surface area contributed by atoms with Crippen molar-refractivity contribution in [3.8, 4) is 0 Å². The average Bonchev–Trinajstić information content (AvgIpc) is 2.60. The Bertz CT molecular complexity index is 650. The molecule has 0 spiro atoms. The molecule has 1 N–H and O–H groups in total. The number of nitrogens with one attached hydrogen (secondary N) is 1. The van der Waals surface area contributed by atoms with Crippen LogP contribution in [0.5, 0.6) is 0 Å². The van der Waals surface area contributed by atoms with Crippen LogP contribution in [0.4, 0.5) is 5.95 Å². The molecule has 0 radical (unpaired) electrons. The third-order valence-corrected chi connectivity index (χ3v) is 4.95. The van der Waals surface area contributed by atoms with Gasteiger partial charge in [-0.2, -0.15) is 0 Å². The molecule has 5 heteroatoms. The Morgan fingerprint density at radius 1 is 1.12 bits per heavy atom. The van der Waals surface area contributed by atoms with Crippen LogP contribution < -0.4 is 10.2 Å². The topological polar surface area (TPSA) is 53.9 Å². The SMILES string of the molecule is Cc1nc(N2CCCCCCC2)ncc1[C@@H](C)NCc1cccnc1. The Labute approximate surface area is 150 Å². The summed E-state index contributed by atoms with van der Waals surface area (Å²) in [5.41, 5.74) is 3.42. The van der Waals surface area contributed by atoms with E-state index in [0.29, 0.717) is 0 Å². The van der Waals surface area contributed by atoms with Crippen molar-refractivity contribution in [3.05, 3.63) is 47.5 Å². The van der Waals surface area contributed by atoms with Gasteiger partial charge in [0.15, 0.2) is 0 Å². The van der Waals surface area contributed by atoms with E-state index in [2.05, 4.69) is 40.1 Å². The van der Waals surface area contributed by atoms with Crippen molar-refractivity contribution in [2.75, 3.05) is 18.0 Å². The Balaban J connectivity index is 1.64. The molecule has 0 aromatic carbocycles. The van der Waals surface area contributed by atoms with Gasteiger partial charge in [-0.15, -0.1) is 0 Å². The zero-order valence-electron chi connectivity index (χ0n) is 15.4. The summed E-state index contributed by atoms with van der Waals surface area (Å²) in [5.74, 6) is 0.891. The second kappa shape index (κ2) is 8.90. The van der Waals surface area contributed by atoms with Gasteiger partial charge in [-0.3, -0.25) is 4.98 Å². The van der Waals surface area contributed by atoms with Crippen LogP contribution in [0, 0.1) is 6.92 Å². The molecule has 1 atom stereocenters. The van der Waals surface area contributed by atoms with Gasteiger partial charge in [-0.05, 0) is 38.3 Å². The van der Waals surface area contributed by atoms with Crippen LogP contribution in [0.15, 0.2) is 30.7 Å². The minimum atomic E-state index is 0.210. The van der Waals surface area contributed by atoms with Gasteiger partial charge in [0, 0.05) is 55.5 Å². The van der Waals surface area contributed by atoms with Crippen LogP contribution in [0.1, 0.15) is 61.9 Å². The maximum atomic E-state index is 4.81. The van der Waals surface area contributed by atoms with E-state index in [1.54, 1.807) is 6.20 Å². The molecule has 1 aliphatic heterocycles. The molecule has 0 saturated carbocycles. The number of hydrogen-bond acceptors (Lipinski definition) is 5. The normalized spacial score (nSPS) is 17.0.